The number of amides is 2. The van der Waals surface area contributed by atoms with Gasteiger partial charge in [0.1, 0.15) is 5.60 Å². The number of aromatic nitrogens is 2. The van der Waals surface area contributed by atoms with Crippen LogP contribution in [0.25, 0.3) is 5.69 Å². The summed E-state index contributed by atoms with van der Waals surface area (Å²) in [6, 6.07) is 9.91. The first-order chi connectivity index (χ1) is 13.2. The van der Waals surface area contributed by atoms with Gasteiger partial charge in [0.2, 0.25) is 5.91 Å². The Bertz CT molecular complexity index is 807. The molecule has 1 heterocycles. The van der Waals surface area contributed by atoms with Crippen molar-refractivity contribution in [2.24, 2.45) is 0 Å². The van der Waals surface area contributed by atoms with Crippen molar-refractivity contribution in [3.8, 4) is 5.69 Å². The highest BCUT2D eigenvalue weighted by Crippen LogP contribution is 2.17. The predicted octanol–water partition coefficient (Wildman–Crippen LogP) is 3.41. The number of benzene rings is 1. The molecule has 0 aliphatic heterocycles. The molecular formula is C21H30N4O3. The lowest BCUT2D eigenvalue weighted by molar-refractivity contribution is -0.121. The van der Waals surface area contributed by atoms with Crippen molar-refractivity contribution in [2.45, 2.75) is 59.6 Å². The first-order valence-electron chi connectivity index (χ1n) is 9.51. The zero-order valence-corrected chi connectivity index (χ0v) is 17.3. The van der Waals surface area contributed by atoms with Crippen LogP contribution in [0.2, 0.25) is 0 Å². The Balaban J connectivity index is 1.79. The van der Waals surface area contributed by atoms with E-state index in [0.29, 0.717) is 25.9 Å². The van der Waals surface area contributed by atoms with Crippen LogP contribution >= 0.6 is 0 Å². The second-order valence-electron chi connectivity index (χ2n) is 7.71. The molecule has 0 radical (unpaired) electrons. The lowest BCUT2D eigenvalue weighted by atomic mass is 10.2. The average molecular weight is 386 g/mol. The fraction of sp³-hybridized carbons (Fsp3) is 0.476. The molecule has 0 aliphatic carbocycles. The molecule has 0 unspecified atom stereocenters. The van der Waals surface area contributed by atoms with Gasteiger partial charge in [0.15, 0.2) is 0 Å². The van der Waals surface area contributed by atoms with E-state index in [-0.39, 0.29) is 5.91 Å². The molecule has 7 nitrogen and oxygen atoms in total. The molecule has 152 valence electrons. The minimum atomic E-state index is -0.526. The van der Waals surface area contributed by atoms with Crippen molar-refractivity contribution >= 4 is 12.0 Å². The number of aryl methyl sites for hydroxylation is 1. The maximum Gasteiger partial charge on any atom is 0.407 e. The molecule has 0 spiro atoms. The molecule has 7 heteroatoms. The van der Waals surface area contributed by atoms with Gasteiger partial charge in [0, 0.05) is 30.8 Å². The summed E-state index contributed by atoms with van der Waals surface area (Å²) in [5, 5.41) is 10.2. The number of rotatable bonds is 7. The maximum absolute atomic E-state index is 12.1. The molecule has 1 aromatic heterocycles. The van der Waals surface area contributed by atoms with Crippen LogP contribution in [0.3, 0.4) is 0 Å². The number of hydrogen-bond donors (Lipinski definition) is 2. The van der Waals surface area contributed by atoms with Gasteiger partial charge in [0.05, 0.1) is 11.4 Å². The minimum Gasteiger partial charge on any atom is -0.444 e. The van der Waals surface area contributed by atoms with Gasteiger partial charge in [-0.1, -0.05) is 18.2 Å². The van der Waals surface area contributed by atoms with Crippen molar-refractivity contribution in [3.63, 3.8) is 0 Å². The van der Waals surface area contributed by atoms with Gasteiger partial charge in [-0.05, 0) is 53.2 Å². The van der Waals surface area contributed by atoms with Crippen molar-refractivity contribution in [2.75, 3.05) is 6.54 Å². The predicted molar refractivity (Wildman–Crippen MR) is 108 cm³/mol. The van der Waals surface area contributed by atoms with Crippen LogP contribution < -0.4 is 10.6 Å². The monoisotopic (exact) mass is 386 g/mol. The van der Waals surface area contributed by atoms with E-state index in [1.54, 1.807) is 0 Å². The van der Waals surface area contributed by atoms with E-state index in [1.807, 2.05) is 69.6 Å². The van der Waals surface area contributed by atoms with Gasteiger partial charge in [-0.2, -0.15) is 5.10 Å². The largest absolute Gasteiger partial charge is 0.444 e. The van der Waals surface area contributed by atoms with Crippen molar-refractivity contribution in [1.29, 1.82) is 0 Å². The first kappa shape index (κ1) is 21.5. The summed E-state index contributed by atoms with van der Waals surface area (Å²) in [4.78, 5) is 23.7. The van der Waals surface area contributed by atoms with Gasteiger partial charge in [-0.15, -0.1) is 0 Å². The number of alkyl carbamates (subject to hydrolysis) is 1. The third-order valence-corrected chi connectivity index (χ3v) is 4.15. The van der Waals surface area contributed by atoms with E-state index in [0.717, 1.165) is 22.6 Å². The molecule has 2 N–H and O–H groups in total. The van der Waals surface area contributed by atoms with E-state index in [4.69, 9.17) is 4.74 Å². The van der Waals surface area contributed by atoms with Gasteiger partial charge in [0.25, 0.3) is 0 Å². The molecule has 2 rings (SSSR count). The van der Waals surface area contributed by atoms with Crippen LogP contribution in [-0.2, 0) is 16.1 Å². The Hall–Kier alpha value is -2.83. The smallest absolute Gasteiger partial charge is 0.407 e. The van der Waals surface area contributed by atoms with Gasteiger partial charge in [-0.3, -0.25) is 4.79 Å². The van der Waals surface area contributed by atoms with E-state index in [9.17, 15) is 9.59 Å². The molecule has 0 aliphatic rings. The zero-order valence-electron chi connectivity index (χ0n) is 17.3. The Morgan fingerprint density at radius 1 is 1.11 bits per heavy atom. The zero-order chi connectivity index (χ0) is 20.7. The Morgan fingerprint density at radius 2 is 1.79 bits per heavy atom. The van der Waals surface area contributed by atoms with Gasteiger partial charge >= 0.3 is 6.09 Å². The highest BCUT2D eigenvalue weighted by atomic mass is 16.6. The molecule has 0 bridgehead atoms. The second kappa shape index (κ2) is 9.39. The van der Waals surface area contributed by atoms with Crippen LogP contribution in [0, 0.1) is 13.8 Å². The normalized spacial score (nSPS) is 11.2. The van der Waals surface area contributed by atoms with Crippen molar-refractivity contribution in [3.05, 3.63) is 47.3 Å². The van der Waals surface area contributed by atoms with E-state index in [1.165, 1.54) is 0 Å². The number of carbonyl (C=O) groups excluding carboxylic acids is 2. The topological polar surface area (TPSA) is 85.3 Å². The molecule has 0 atom stereocenters. The van der Waals surface area contributed by atoms with E-state index < -0.39 is 11.7 Å². The maximum atomic E-state index is 12.1. The van der Waals surface area contributed by atoms with Crippen molar-refractivity contribution < 1.29 is 14.3 Å². The fourth-order valence-corrected chi connectivity index (χ4v) is 2.78. The third-order valence-electron chi connectivity index (χ3n) is 4.15. The number of carbonyl (C=O) groups is 2. The van der Waals surface area contributed by atoms with Crippen molar-refractivity contribution in [1.82, 2.24) is 20.4 Å². The lowest BCUT2D eigenvalue weighted by Gasteiger charge is -2.19. The molecular weight excluding hydrogens is 356 g/mol. The Labute approximate surface area is 166 Å². The minimum absolute atomic E-state index is 0.0581. The number of nitrogens with zero attached hydrogens (tertiary/aromatic N) is 2. The fourth-order valence-electron chi connectivity index (χ4n) is 2.78. The SMILES string of the molecule is Cc1nn(-c2ccccc2)c(C)c1CNC(=O)CCCNC(=O)OC(C)(C)C. The third kappa shape index (κ3) is 6.40. The molecule has 2 aromatic rings. The molecule has 2 amide bonds. The molecule has 0 saturated carbocycles. The van der Waals surface area contributed by atoms with Crippen LogP contribution in [0.5, 0.6) is 0 Å². The van der Waals surface area contributed by atoms with Crippen LogP contribution in [0.1, 0.15) is 50.6 Å². The quantitative estimate of drug-likeness (QED) is 0.714. The van der Waals surface area contributed by atoms with Crippen LogP contribution in [0.15, 0.2) is 30.3 Å². The Morgan fingerprint density at radius 3 is 2.43 bits per heavy atom. The van der Waals surface area contributed by atoms with E-state index >= 15 is 0 Å². The highest BCUT2D eigenvalue weighted by molar-refractivity contribution is 5.76. The highest BCUT2D eigenvalue weighted by Gasteiger charge is 2.16. The number of ether oxygens (including phenoxy) is 1. The van der Waals surface area contributed by atoms with E-state index in [2.05, 4.69) is 15.7 Å². The lowest BCUT2D eigenvalue weighted by Crippen LogP contribution is -2.33. The molecule has 1 aromatic carbocycles. The first-order valence-corrected chi connectivity index (χ1v) is 9.51. The number of nitrogens with one attached hydrogen (secondary N) is 2. The summed E-state index contributed by atoms with van der Waals surface area (Å²) >= 11 is 0. The summed E-state index contributed by atoms with van der Waals surface area (Å²) in [5.41, 5.74) is 3.39. The summed E-state index contributed by atoms with van der Waals surface area (Å²) in [7, 11) is 0. The number of hydrogen-bond acceptors (Lipinski definition) is 4. The Kier molecular flexibility index (Phi) is 7.20. The number of para-hydroxylation sites is 1. The molecule has 0 fully saturated rings. The summed E-state index contributed by atoms with van der Waals surface area (Å²) < 4.78 is 7.05. The van der Waals surface area contributed by atoms with Crippen LogP contribution in [0.4, 0.5) is 4.79 Å². The van der Waals surface area contributed by atoms with Crippen LogP contribution in [-0.4, -0.2) is 33.9 Å². The summed E-state index contributed by atoms with van der Waals surface area (Å²) in [6.07, 6.45) is 0.417. The van der Waals surface area contributed by atoms with Gasteiger partial charge < -0.3 is 15.4 Å². The summed E-state index contributed by atoms with van der Waals surface area (Å²) in [5.74, 6) is -0.0581. The summed E-state index contributed by atoms with van der Waals surface area (Å²) in [6.45, 7) is 10.2. The average Bonchev–Trinajstić information content (AvgIpc) is 2.90. The van der Waals surface area contributed by atoms with Gasteiger partial charge in [-0.25, -0.2) is 9.48 Å². The molecule has 0 saturated heterocycles. The second-order valence-corrected chi connectivity index (χ2v) is 7.71. The standard InChI is InChI=1S/C21H30N4O3/c1-15-18(16(2)25(24-15)17-10-7-6-8-11-17)14-23-19(26)12-9-13-22-20(27)28-21(3,4)5/h6-8,10-11H,9,12-14H2,1-5H3,(H,22,27)(H,23,26). The molecule has 28 heavy (non-hydrogen) atoms.